The highest BCUT2D eigenvalue weighted by molar-refractivity contribution is 5.88. The summed E-state index contributed by atoms with van der Waals surface area (Å²) in [6.45, 7) is 2.16. The topological polar surface area (TPSA) is 67.9 Å². The Morgan fingerprint density at radius 2 is 1.69 bits per heavy atom. The zero-order valence-electron chi connectivity index (χ0n) is 19.1. The molecule has 0 spiro atoms. The summed E-state index contributed by atoms with van der Waals surface area (Å²) in [6, 6.07) is 16.5. The molecule has 1 fully saturated rings. The number of benzene rings is 2. The molecule has 172 valence electrons. The Balaban J connectivity index is 1.74. The van der Waals surface area contributed by atoms with Gasteiger partial charge in [0.1, 0.15) is 17.5 Å². The second-order valence-corrected chi connectivity index (χ2v) is 8.24. The van der Waals surface area contributed by atoms with E-state index >= 15 is 0 Å². The maximum atomic E-state index is 13.2. The molecule has 0 heterocycles. The highest BCUT2D eigenvalue weighted by atomic mass is 16.5. The van der Waals surface area contributed by atoms with Crippen molar-refractivity contribution in [2.24, 2.45) is 0 Å². The summed E-state index contributed by atoms with van der Waals surface area (Å²) >= 11 is 0. The molecule has 6 heteroatoms. The molecule has 1 saturated carbocycles. The van der Waals surface area contributed by atoms with Crippen molar-refractivity contribution >= 4 is 11.8 Å². The summed E-state index contributed by atoms with van der Waals surface area (Å²) in [6.07, 6.45) is 6.05. The largest absolute Gasteiger partial charge is 0.497 e. The molecule has 1 N–H and O–H groups in total. The number of ether oxygens (including phenoxy) is 2. The number of carbonyl (C=O) groups excluding carboxylic acids is 2. The molecule has 0 radical (unpaired) electrons. The molecule has 3 rings (SSSR count). The van der Waals surface area contributed by atoms with Gasteiger partial charge in [-0.25, -0.2) is 0 Å². The van der Waals surface area contributed by atoms with Gasteiger partial charge in [-0.05, 0) is 49.1 Å². The van der Waals surface area contributed by atoms with Crippen LogP contribution in [0.15, 0.2) is 54.6 Å². The van der Waals surface area contributed by atoms with Crippen LogP contribution in [-0.4, -0.2) is 42.5 Å². The van der Waals surface area contributed by atoms with E-state index in [1.54, 1.807) is 12.0 Å². The normalized spacial score (nSPS) is 14.9. The van der Waals surface area contributed by atoms with Crippen molar-refractivity contribution < 1.29 is 19.1 Å². The molecular weight excluding hydrogens is 404 g/mol. The first-order chi connectivity index (χ1) is 15.6. The smallest absolute Gasteiger partial charge is 0.261 e. The molecule has 6 nitrogen and oxygen atoms in total. The van der Waals surface area contributed by atoms with Gasteiger partial charge in [0.05, 0.1) is 7.11 Å². The van der Waals surface area contributed by atoms with Crippen LogP contribution in [-0.2, 0) is 16.1 Å². The maximum absolute atomic E-state index is 13.2. The van der Waals surface area contributed by atoms with Crippen molar-refractivity contribution in [3.63, 3.8) is 0 Å². The maximum Gasteiger partial charge on any atom is 0.261 e. The molecule has 1 atom stereocenters. The summed E-state index contributed by atoms with van der Waals surface area (Å²) in [5.74, 6) is 1.09. The third-order valence-electron chi connectivity index (χ3n) is 5.95. The first-order valence-electron chi connectivity index (χ1n) is 11.5. The van der Waals surface area contributed by atoms with E-state index in [9.17, 15) is 9.59 Å². The third kappa shape index (κ3) is 6.74. The number of nitrogens with one attached hydrogen (secondary N) is 1. The molecule has 0 aliphatic heterocycles. The van der Waals surface area contributed by atoms with E-state index in [1.165, 1.54) is 6.42 Å². The van der Waals surface area contributed by atoms with Crippen LogP contribution in [0.5, 0.6) is 11.5 Å². The number of methoxy groups -OCH3 is 1. The van der Waals surface area contributed by atoms with Gasteiger partial charge in [0, 0.05) is 12.6 Å². The van der Waals surface area contributed by atoms with Gasteiger partial charge in [-0.1, -0.05) is 56.5 Å². The fourth-order valence-corrected chi connectivity index (χ4v) is 4.14. The Labute approximate surface area is 190 Å². The third-order valence-corrected chi connectivity index (χ3v) is 5.95. The molecule has 0 unspecified atom stereocenters. The number of amides is 2. The minimum atomic E-state index is -0.550. The zero-order valence-corrected chi connectivity index (χ0v) is 19.1. The Morgan fingerprint density at radius 1 is 1.00 bits per heavy atom. The molecule has 2 aromatic rings. The number of para-hydroxylation sites is 1. The lowest BCUT2D eigenvalue weighted by atomic mass is 9.95. The fraction of sp³-hybridized carbons (Fsp3) is 0.462. The van der Waals surface area contributed by atoms with Gasteiger partial charge in [0.2, 0.25) is 5.91 Å². The summed E-state index contributed by atoms with van der Waals surface area (Å²) < 4.78 is 10.9. The van der Waals surface area contributed by atoms with Gasteiger partial charge in [0.15, 0.2) is 6.61 Å². The quantitative estimate of drug-likeness (QED) is 0.600. The monoisotopic (exact) mass is 438 g/mol. The van der Waals surface area contributed by atoms with Gasteiger partial charge in [0.25, 0.3) is 5.91 Å². The summed E-state index contributed by atoms with van der Waals surface area (Å²) in [4.78, 5) is 28.1. The van der Waals surface area contributed by atoms with Crippen LogP contribution in [0.4, 0.5) is 0 Å². The molecule has 0 saturated heterocycles. The minimum Gasteiger partial charge on any atom is -0.497 e. The van der Waals surface area contributed by atoms with Crippen LogP contribution in [0.3, 0.4) is 0 Å². The number of carbonyl (C=O) groups is 2. The van der Waals surface area contributed by atoms with Crippen molar-refractivity contribution in [1.82, 2.24) is 10.2 Å². The van der Waals surface area contributed by atoms with Crippen LogP contribution in [0.2, 0.25) is 0 Å². The Morgan fingerprint density at radius 3 is 2.31 bits per heavy atom. The molecule has 0 aromatic heterocycles. The summed E-state index contributed by atoms with van der Waals surface area (Å²) in [7, 11) is 1.62. The fourth-order valence-electron chi connectivity index (χ4n) is 4.14. The Kier molecular flexibility index (Phi) is 8.96. The van der Waals surface area contributed by atoms with E-state index in [4.69, 9.17) is 9.47 Å². The molecule has 0 bridgehead atoms. The molecule has 1 aliphatic carbocycles. The molecule has 2 aromatic carbocycles. The van der Waals surface area contributed by atoms with Crippen LogP contribution in [0, 0.1) is 0 Å². The van der Waals surface area contributed by atoms with Gasteiger partial charge >= 0.3 is 0 Å². The van der Waals surface area contributed by atoms with Crippen molar-refractivity contribution in [1.29, 1.82) is 0 Å². The number of rotatable bonds is 10. The van der Waals surface area contributed by atoms with Crippen molar-refractivity contribution in [2.45, 2.75) is 64.1 Å². The first kappa shape index (κ1) is 23.6. The Hall–Kier alpha value is -3.02. The lowest BCUT2D eigenvalue weighted by molar-refractivity contribution is -0.143. The lowest BCUT2D eigenvalue weighted by Gasteiger charge is -2.32. The number of hydrogen-bond donors (Lipinski definition) is 1. The van der Waals surface area contributed by atoms with Gasteiger partial charge in [-0.2, -0.15) is 0 Å². The van der Waals surface area contributed by atoms with E-state index in [-0.39, 0.29) is 24.5 Å². The molecule has 2 amide bonds. The average Bonchev–Trinajstić information content (AvgIpc) is 2.84. The van der Waals surface area contributed by atoms with E-state index < -0.39 is 6.04 Å². The molecular formula is C26H34N2O4. The second-order valence-electron chi connectivity index (χ2n) is 8.24. The predicted octanol–water partition coefficient (Wildman–Crippen LogP) is 4.33. The van der Waals surface area contributed by atoms with E-state index in [0.29, 0.717) is 18.7 Å². The number of hydrogen-bond acceptors (Lipinski definition) is 4. The van der Waals surface area contributed by atoms with Crippen molar-refractivity contribution in [3.8, 4) is 11.5 Å². The lowest BCUT2D eigenvalue weighted by Crippen LogP contribution is -2.52. The van der Waals surface area contributed by atoms with Gasteiger partial charge in [-0.3, -0.25) is 9.59 Å². The van der Waals surface area contributed by atoms with Crippen LogP contribution in [0.25, 0.3) is 0 Å². The summed E-state index contributed by atoms with van der Waals surface area (Å²) in [5.41, 5.74) is 0.933. The first-order valence-corrected chi connectivity index (χ1v) is 11.5. The highest BCUT2D eigenvalue weighted by Crippen LogP contribution is 2.20. The summed E-state index contributed by atoms with van der Waals surface area (Å²) in [5, 5.41) is 3.19. The zero-order chi connectivity index (χ0) is 22.8. The second kappa shape index (κ2) is 12.1. The van der Waals surface area contributed by atoms with Crippen molar-refractivity contribution in [3.05, 3.63) is 60.2 Å². The standard InChI is InChI=1S/C26H34N2O4/c1-3-24(26(30)27-21-10-6-4-7-11-21)28(18-20-14-16-22(31-2)17-15-20)25(29)19-32-23-12-8-5-9-13-23/h5,8-9,12-17,21,24H,3-4,6-7,10-11,18-19H2,1-2H3,(H,27,30)/t24-/m0/s1. The van der Waals surface area contributed by atoms with E-state index in [2.05, 4.69) is 5.32 Å². The van der Waals surface area contributed by atoms with Crippen LogP contribution in [0.1, 0.15) is 51.0 Å². The van der Waals surface area contributed by atoms with E-state index in [0.717, 1.165) is 37.0 Å². The highest BCUT2D eigenvalue weighted by Gasteiger charge is 2.30. The van der Waals surface area contributed by atoms with Gasteiger partial charge in [-0.15, -0.1) is 0 Å². The molecule has 1 aliphatic rings. The van der Waals surface area contributed by atoms with Gasteiger partial charge < -0.3 is 19.7 Å². The van der Waals surface area contributed by atoms with Crippen molar-refractivity contribution in [2.75, 3.05) is 13.7 Å². The van der Waals surface area contributed by atoms with Crippen LogP contribution >= 0.6 is 0 Å². The average molecular weight is 439 g/mol. The number of nitrogens with zero attached hydrogens (tertiary/aromatic N) is 1. The molecule has 32 heavy (non-hydrogen) atoms. The van der Waals surface area contributed by atoms with E-state index in [1.807, 2.05) is 61.5 Å². The minimum absolute atomic E-state index is 0.0824. The van der Waals surface area contributed by atoms with Crippen LogP contribution < -0.4 is 14.8 Å². The SMILES string of the molecule is CC[C@@H](C(=O)NC1CCCCC1)N(Cc1ccc(OC)cc1)C(=O)COc1ccccc1. The predicted molar refractivity (Wildman–Crippen MR) is 125 cm³/mol. The Bertz CT molecular complexity index is 848.